The number of carbonyl (C=O) groups excluding carboxylic acids is 1. The molecule has 0 aliphatic rings. The number of carbonyl (C=O) groups is 1. The minimum atomic E-state index is 0.266. The van der Waals surface area contributed by atoms with Gasteiger partial charge in [0.05, 0.1) is 17.6 Å². The van der Waals surface area contributed by atoms with Gasteiger partial charge in [-0.2, -0.15) is 0 Å². The molecule has 0 aliphatic heterocycles. The number of H-pyrrole nitrogens is 1. The number of rotatable bonds is 8. The third kappa shape index (κ3) is 4.27. The molecule has 108 valence electrons. The molecule has 2 rings (SSSR count). The van der Waals surface area contributed by atoms with Crippen LogP contribution in [0.25, 0.3) is 11.0 Å². The van der Waals surface area contributed by atoms with Crippen LogP contribution in [0.3, 0.4) is 0 Å². The number of hydrogen-bond acceptors (Lipinski definition) is 4. The predicted molar refractivity (Wildman–Crippen MR) is 82.5 cm³/mol. The van der Waals surface area contributed by atoms with Gasteiger partial charge in [-0.05, 0) is 38.8 Å². The molecule has 0 unspecified atom stereocenters. The lowest BCUT2D eigenvalue weighted by Crippen LogP contribution is -1.90. The molecule has 4 nitrogen and oxygen atoms in total. The first-order valence-electron chi connectivity index (χ1n) is 6.94. The zero-order chi connectivity index (χ0) is 14.4. The number of hydrogen-bond donors (Lipinski definition) is 1. The second-order valence-corrected chi connectivity index (χ2v) is 5.75. The fourth-order valence-corrected chi connectivity index (χ4v) is 2.82. The Morgan fingerprint density at radius 2 is 2.25 bits per heavy atom. The molecule has 1 heterocycles. The quantitative estimate of drug-likeness (QED) is 0.593. The molecule has 0 aliphatic carbocycles. The predicted octanol–water partition coefficient (Wildman–Crippen LogP) is 3.81. The van der Waals surface area contributed by atoms with Crippen LogP contribution in [0.2, 0.25) is 0 Å². The summed E-state index contributed by atoms with van der Waals surface area (Å²) >= 11 is 1.70. The molecule has 0 bridgehead atoms. The van der Waals surface area contributed by atoms with Crippen LogP contribution in [-0.2, 0) is 4.79 Å². The minimum absolute atomic E-state index is 0.266. The third-order valence-electron chi connectivity index (χ3n) is 2.90. The summed E-state index contributed by atoms with van der Waals surface area (Å²) in [6.07, 6.45) is 2.67. The maximum atomic E-state index is 10.8. The van der Waals surface area contributed by atoms with E-state index in [4.69, 9.17) is 4.74 Å². The molecule has 5 heteroatoms. The number of nitrogens with one attached hydrogen (secondary N) is 1. The van der Waals surface area contributed by atoms with E-state index in [1.807, 2.05) is 25.1 Å². The molecule has 2 aromatic rings. The van der Waals surface area contributed by atoms with Crippen LogP contribution in [-0.4, -0.2) is 28.1 Å². The van der Waals surface area contributed by atoms with Gasteiger partial charge in [0.15, 0.2) is 5.16 Å². The van der Waals surface area contributed by atoms with Gasteiger partial charge in [0.2, 0.25) is 0 Å². The molecule has 0 spiro atoms. The fraction of sp³-hybridized carbons (Fsp3) is 0.467. The number of aromatic amines is 1. The van der Waals surface area contributed by atoms with Gasteiger partial charge in [0, 0.05) is 18.2 Å². The van der Waals surface area contributed by atoms with Crippen LogP contribution in [0.15, 0.2) is 23.4 Å². The van der Waals surface area contributed by atoms with Crippen LogP contribution in [0.1, 0.15) is 33.1 Å². The highest BCUT2D eigenvalue weighted by molar-refractivity contribution is 7.99. The van der Waals surface area contributed by atoms with Crippen molar-refractivity contribution in [3.05, 3.63) is 18.2 Å². The van der Waals surface area contributed by atoms with Crippen molar-refractivity contribution in [2.24, 2.45) is 0 Å². The molecule has 0 amide bonds. The van der Waals surface area contributed by atoms with E-state index in [2.05, 4.69) is 9.97 Å². The Morgan fingerprint density at radius 1 is 1.40 bits per heavy atom. The SMILES string of the molecule is CCOc1ccc2nc(SCCCCC(C)=O)[nH]c2c1. The lowest BCUT2D eigenvalue weighted by Gasteiger charge is -2.00. The molecule has 1 aromatic carbocycles. The Balaban J connectivity index is 1.89. The normalized spacial score (nSPS) is 10.9. The number of thioether (sulfide) groups is 1. The highest BCUT2D eigenvalue weighted by Gasteiger charge is 2.05. The molecule has 1 aromatic heterocycles. The van der Waals surface area contributed by atoms with Gasteiger partial charge in [-0.25, -0.2) is 4.98 Å². The molecule has 0 atom stereocenters. The second-order valence-electron chi connectivity index (χ2n) is 4.66. The number of unbranched alkanes of at least 4 members (excludes halogenated alkanes) is 1. The summed E-state index contributed by atoms with van der Waals surface area (Å²) in [7, 11) is 0. The smallest absolute Gasteiger partial charge is 0.166 e. The number of aromatic nitrogens is 2. The van der Waals surface area contributed by atoms with Crippen LogP contribution >= 0.6 is 11.8 Å². The van der Waals surface area contributed by atoms with E-state index >= 15 is 0 Å². The van der Waals surface area contributed by atoms with Crippen LogP contribution in [0.5, 0.6) is 5.75 Å². The van der Waals surface area contributed by atoms with E-state index in [0.717, 1.165) is 40.5 Å². The number of nitrogens with zero attached hydrogens (tertiary/aromatic N) is 1. The average Bonchev–Trinajstić information content (AvgIpc) is 2.80. The number of Topliss-reactive ketones (excluding diaryl/α,β-unsaturated/α-hetero) is 1. The summed E-state index contributed by atoms with van der Waals surface area (Å²) < 4.78 is 5.47. The first kappa shape index (κ1) is 14.9. The van der Waals surface area contributed by atoms with E-state index in [1.54, 1.807) is 18.7 Å². The van der Waals surface area contributed by atoms with Gasteiger partial charge in [-0.15, -0.1) is 0 Å². The van der Waals surface area contributed by atoms with Crippen LogP contribution < -0.4 is 4.74 Å². The van der Waals surface area contributed by atoms with E-state index in [0.29, 0.717) is 13.0 Å². The van der Waals surface area contributed by atoms with Crippen molar-refractivity contribution in [1.82, 2.24) is 9.97 Å². The first-order chi connectivity index (χ1) is 9.69. The number of ketones is 1. The monoisotopic (exact) mass is 292 g/mol. The maximum Gasteiger partial charge on any atom is 0.166 e. The van der Waals surface area contributed by atoms with Crippen molar-refractivity contribution >= 4 is 28.6 Å². The van der Waals surface area contributed by atoms with Gasteiger partial charge < -0.3 is 14.5 Å². The van der Waals surface area contributed by atoms with Gasteiger partial charge in [-0.3, -0.25) is 0 Å². The fourth-order valence-electron chi connectivity index (χ4n) is 1.93. The number of fused-ring (bicyclic) bond motifs is 1. The van der Waals surface area contributed by atoms with Gasteiger partial charge >= 0.3 is 0 Å². The molecule has 0 radical (unpaired) electrons. The summed E-state index contributed by atoms with van der Waals surface area (Å²) in [5.41, 5.74) is 1.96. The summed E-state index contributed by atoms with van der Waals surface area (Å²) in [5, 5.41) is 0.927. The molecule has 0 saturated carbocycles. The van der Waals surface area contributed by atoms with Crippen LogP contribution in [0.4, 0.5) is 0 Å². The lowest BCUT2D eigenvalue weighted by molar-refractivity contribution is -0.117. The third-order valence-corrected chi connectivity index (χ3v) is 3.86. The Morgan fingerprint density at radius 3 is 3.00 bits per heavy atom. The van der Waals surface area contributed by atoms with E-state index in [1.165, 1.54) is 0 Å². The van der Waals surface area contributed by atoms with Crippen molar-refractivity contribution in [3.8, 4) is 5.75 Å². The van der Waals surface area contributed by atoms with E-state index in [9.17, 15) is 4.79 Å². The Kier molecular flexibility index (Phi) is 5.47. The van der Waals surface area contributed by atoms with Crippen molar-refractivity contribution in [2.45, 2.75) is 38.3 Å². The summed E-state index contributed by atoms with van der Waals surface area (Å²) in [6, 6.07) is 5.89. The van der Waals surface area contributed by atoms with Gasteiger partial charge in [0.25, 0.3) is 0 Å². The van der Waals surface area contributed by atoms with E-state index < -0.39 is 0 Å². The Labute approximate surface area is 123 Å². The molecular formula is C15H20N2O2S. The standard InChI is InChI=1S/C15H20N2O2S/c1-3-19-12-7-8-13-14(10-12)17-15(16-13)20-9-5-4-6-11(2)18/h7-8,10H,3-6,9H2,1-2H3,(H,16,17). The van der Waals surface area contributed by atoms with Crippen molar-refractivity contribution in [1.29, 1.82) is 0 Å². The Bertz CT molecular complexity index is 580. The highest BCUT2D eigenvalue weighted by atomic mass is 32.2. The van der Waals surface area contributed by atoms with E-state index in [-0.39, 0.29) is 5.78 Å². The molecule has 0 saturated heterocycles. The summed E-state index contributed by atoms with van der Waals surface area (Å²) in [6.45, 7) is 4.28. The van der Waals surface area contributed by atoms with Gasteiger partial charge in [-0.1, -0.05) is 11.8 Å². The van der Waals surface area contributed by atoms with Gasteiger partial charge in [0.1, 0.15) is 11.5 Å². The summed E-state index contributed by atoms with van der Waals surface area (Å²) in [5.74, 6) is 2.11. The molecule has 0 fully saturated rings. The molecular weight excluding hydrogens is 272 g/mol. The molecule has 20 heavy (non-hydrogen) atoms. The molecule has 1 N–H and O–H groups in total. The maximum absolute atomic E-state index is 10.8. The second kappa shape index (κ2) is 7.33. The Hall–Kier alpha value is -1.49. The zero-order valence-corrected chi connectivity index (χ0v) is 12.8. The minimum Gasteiger partial charge on any atom is -0.494 e. The van der Waals surface area contributed by atoms with Crippen LogP contribution in [0, 0.1) is 0 Å². The number of benzene rings is 1. The average molecular weight is 292 g/mol. The number of imidazole rings is 1. The van der Waals surface area contributed by atoms with Crippen molar-refractivity contribution < 1.29 is 9.53 Å². The van der Waals surface area contributed by atoms with Crippen molar-refractivity contribution in [2.75, 3.05) is 12.4 Å². The van der Waals surface area contributed by atoms with Crippen molar-refractivity contribution in [3.63, 3.8) is 0 Å². The topological polar surface area (TPSA) is 55.0 Å². The first-order valence-corrected chi connectivity index (χ1v) is 7.92. The summed E-state index contributed by atoms with van der Waals surface area (Å²) in [4.78, 5) is 18.7. The lowest BCUT2D eigenvalue weighted by atomic mass is 10.2. The zero-order valence-electron chi connectivity index (χ0n) is 11.9. The largest absolute Gasteiger partial charge is 0.494 e. The highest BCUT2D eigenvalue weighted by Crippen LogP contribution is 2.24. The number of ether oxygens (including phenoxy) is 1.